The fourth-order valence-electron chi connectivity index (χ4n) is 2.41. The Bertz CT molecular complexity index is 563. The Hall–Kier alpha value is -1.39. The van der Waals surface area contributed by atoms with E-state index in [0.717, 1.165) is 23.4 Å². The van der Waals surface area contributed by atoms with Gasteiger partial charge in [0.2, 0.25) is 0 Å². The average molecular weight is 245 g/mol. The average Bonchev–Trinajstić information content (AvgIpc) is 2.68. The van der Waals surface area contributed by atoms with Crippen LogP contribution in [0.5, 0.6) is 0 Å². The molecule has 1 aliphatic heterocycles. The molecule has 0 radical (unpaired) electrons. The van der Waals surface area contributed by atoms with E-state index in [2.05, 4.69) is 34.8 Å². The molecular formula is C14H19N3O. The van der Waals surface area contributed by atoms with Gasteiger partial charge in [0.1, 0.15) is 11.9 Å². The first-order valence-corrected chi connectivity index (χ1v) is 6.35. The molecule has 1 aromatic carbocycles. The van der Waals surface area contributed by atoms with Gasteiger partial charge in [-0.15, -0.1) is 0 Å². The maximum absolute atomic E-state index is 5.94. The highest BCUT2D eigenvalue weighted by Crippen LogP contribution is 2.25. The van der Waals surface area contributed by atoms with Crippen LogP contribution < -0.4 is 5.32 Å². The van der Waals surface area contributed by atoms with Gasteiger partial charge in [-0.2, -0.15) is 0 Å². The van der Waals surface area contributed by atoms with Crippen molar-refractivity contribution in [2.75, 3.05) is 13.2 Å². The minimum atomic E-state index is 0.0374. The zero-order chi connectivity index (χ0) is 12.8. The van der Waals surface area contributed by atoms with Crippen molar-refractivity contribution in [1.29, 1.82) is 0 Å². The van der Waals surface area contributed by atoms with Gasteiger partial charge in [0.25, 0.3) is 0 Å². The van der Waals surface area contributed by atoms with Gasteiger partial charge in [-0.3, -0.25) is 0 Å². The molecule has 0 saturated carbocycles. The van der Waals surface area contributed by atoms with Crippen molar-refractivity contribution in [2.24, 2.45) is 7.05 Å². The number of morpholine rings is 1. The lowest BCUT2D eigenvalue weighted by Crippen LogP contribution is -2.50. The molecule has 1 fully saturated rings. The van der Waals surface area contributed by atoms with Crippen LogP contribution in [0.4, 0.5) is 0 Å². The normalized spacial score (nSPS) is 23.4. The minimum absolute atomic E-state index is 0.0374. The largest absolute Gasteiger partial charge is 0.367 e. The summed E-state index contributed by atoms with van der Waals surface area (Å²) in [7, 11) is 2.05. The molecular weight excluding hydrogens is 226 g/mol. The summed E-state index contributed by atoms with van der Waals surface area (Å²) >= 11 is 0. The summed E-state index contributed by atoms with van der Waals surface area (Å²) in [6, 6.07) is 8.18. The van der Waals surface area contributed by atoms with E-state index < -0.39 is 0 Å². The highest BCUT2D eigenvalue weighted by Gasteiger charge is 2.30. The number of imidazole rings is 1. The molecule has 1 saturated heterocycles. The van der Waals surface area contributed by atoms with Gasteiger partial charge in [0, 0.05) is 19.1 Å². The third-order valence-electron chi connectivity index (χ3n) is 3.52. The summed E-state index contributed by atoms with van der Waals surface area (Å²) in [5, 5.41) is 3.50. The summed E-state index contributed by atoms with van der Waals surface area (Å²) in [5.74, 6) is 0.999. The Morgan fingerprint density at radius 1 is 1.39 bits per heavy atom. The van der Waals surface area contributed by atoms with Gasteiger partial charge in [0.05, 0.1) is 17.6 Å². The summed E-state index contributed by atoms with van der Waals surface area (Å²) in [4.78, 5) is 4.68. The molecule has 1 aromatic heterocycles. The van der Waals surface area contributed by atoms with E-state index in [9.17, 15) is 0 Å². The summed E-state index contributed by atoms with van der Waals surface area (Å²) in [6.07, 6.45) is 0.0374. The summed E-state index contributed by atoms with van der Waals surface area (Å²) < 4.78 is 8.07. The Balaban J connectivity index is 1.93. The van der Waals surface area contributed by atoms with Crippen molar-refractivity contribution < 1.29 is 4.74 Å². The number of benzene rings is 1. The van der Waals surface area contributed by atoms with Crippen LogP contribution in [0.2, 0.25) is 0 Å². The van der Waals surface area contributed by atoms with Gasteiger partial charge in [-0.25, -0.2) is 4.98 Å². The molecule has 3 rings (SSSR count). The molecule has 1 atom stereocenters. The SMILES string of the molecule is Cn1c(C2CNC(C)(C)CO2)nc2ccccc21. The van der Waals surface area contributed by atoms with Crippen LogP contribution in [-0.2, 0) is 11.8 Å². The van der Waals surface area contributed by atoms with Crippen molar-refractivity contribution in [1.82, 2.24) is 14.9 Å². The number of para-hydroxylation sites is 2. The fraction of sp³-hybridized carbons (Fsp3) is 0.500. The van der Waals surface area contributed by atoms with Gasteiger partial charge >= 0.3 is 0 Å². The van der Waals surface area contributed by atoms with Crippen LogP contribution in [0.25, 0.3) is 11.0 Å². The number of fused-ring (bicyclic) bond motifs is 1. The van der Waals surface area contributed by atoms with Crippen LogP contribution in [0.3, 0.4) is 0 Å². The molecule has 0 bridgehead atoms. The second kappa shape index (κ2) is 4.07. The summed E-state index contributed by atoms with van der Waals surface area (Å²) in [6.45, 7) is 5.82. The van der Waals surface area contributed by atoms with E-state index in [0.29, 0.717) is 6.61 Å². The van der Waals surface area contributed by atoms with E-state index in [1.807, 2.05) is 25.2 Å². The Morgan fingerprint density at radius 2 is 2.17 bits per heavy atom. The lowest BCUT2D eigenvalue weighted by Gasteiger charge is -2.35. The lowest BCUT2D eigenvalue weighted by molar-refractivity contribution is -0.0281. The Kier molecular flexibility index (Phi) is 2.64. The van der Waals surface area contributed by atoms with E-state index >= 15 is 0 Å². The molecule has 96 valence electrons. The summed E-state index contributed by atoms with van der Waals surface area (Å²) in [5.41, 5.74) is 2.24. The van der Waals surface area contributed by atoms with E-state index in [1.165, 1.54) is 0 Å². The number of hydrogen-bond acceptors (Lipinski definition) is 3. The first-order valence-electron chi connectivity index (χ1n) is 6.35. The predicted octanol–water partition coefficient (Wildman–Crippen LogP) is 2.01. The predicted molar refractivity (Wildman–Crippen MR) is 71.5 cm³/mol. The number of hydrogen-bond donors (Lipinski definition) is 1. The lowest BCUT2D eigenvalue weighted by atomic mass is 10.0. The van der Waals surface area contributed by atoms with Crippen LogP contribution in [0.1, 0.15) is 25.8 Å². The van der Waals surface area contributed by atoms with E-state index in [-0.39, 0.29) is 11.6 Å². The fourth-order valence-corrected chi connectivity index (χ4v) is 2.41. The van der Waals surface area contributed by atoms with Crippen molar-refractivity contribution >= 4 is 11.0 Å². The zero-order valence-electron chi connectivity index (χ0n) is 11.1. The second-order valence-electron chi connectivity index (χ2n) is 5.58. The smallest absolute Gasteiger partial charge is 0.140 e. The molecule has 2 heterocycles. The van der Waals surface area contributed by atoms with Crippen molar-refractivity contribution in [3.8, 4) is 0 Å². The molecule has 1 unspecified atom stereocenters. The highest BCUT2D eigenvalue weighted by molar-refractivity contribution is 5.75. The van der Waals surface area contributed by atoms with Crippen LogP contribution in [0.15, 0.2) is 24.3 Å². The molecule has 18 heavy (non-hydrogen) atoms. The van der Waals surface area contributed by atoms with Crippen LogP contribution in [-0.4, -0.2) is 28.2 Å². The molecule has 2 aromatic rings. The van der Waals surface area contributed by atoms with Crippen LogP contribution in [0, 0.1) is 0 Å². The van der Waals surface area contributed by atoms with Gasteiger partial charge in [-0.1, -0.05) is 12.1 Å². The molecule has 0 amide bonds. The van der Waals surface area contributed by atoms with Crippen LogP contribution >= 0.6 is 0 Å². The zero-order valence-corrected chi connectivity index (χ0v) is 11.1. The molecule has 0 aliphatic carbocycles. The molecule has 4 nitrogen and oxygen atoms in total. The van der Waals surface area contributed by atoms with Crippen molar-refractivity contribution in [3.05, 3.63) is 30.1 Å². The molecule has 4 heteroatoms. The first-order chi connectivity index (χ1) is 8.57. The van der Waals surface area contributed by atoms with Gasteiger partial charge in [-0.05, 0) is 26.0 Å². The Labute approximate surface area is 107 Å². The maximum atomic E-state index is 5.94. The second-order valence-corrected chi connectivity index (χ2v) is 5.58. The maximum Gasteiger partial charge on any atom is 0.140 e. The number of aryl methyl sites for hydroxylation is 1. The van der Waals surface area contributed by atoms with E-state index in [1.54, 1.807) is 0 Å². The third kappa shape index (κ3) is 1.91. The van der Waals surface area contributed by atoms with Crippen molar-refractivity contribution in [3.63, 3.8) is 0 Å². The van der Waals surface area contributed by atoms with Gasteiger partial charge in [0.15, 0.2) is 0 Å². The molecule has 1 aliphatic rings. The van der Waals surface area contributed by atoms with Gasteiger partial charge < -0.3 is 14.6 Å². The number of ether oxygens (including phenoxy) is 1. The minimum Gasteiger partial charge on any atom is -0.367 e. The monoisotopic (exact) mass is 245 g/mol. The highest BCUT2D eigenvalue weighted by atomic mass is 16.5. The third-order valence-corrected chi connectivity index (χ3v) is 3.52. The number of nitrogens with one attached hydrogen (secondary N) is 1. The molecule has 0 spiro atoms. The topological polar surface area (TPSA) is 39.1 Å². The number of aromatic nitrogens is 2. The quantitative estimate of drug-likeness (QED) is 0.835. The Morgan fingerprint density at radius 3 is 2.83 bits per heavy atom. The molecule has 1 N–H and O–H groups in total. The number of rotatable bonds is 1. The first kappa shape index (κ1) is 11.7. The number of nitrogens with zero attached hydrogens (tertiary/aromatic N) is 2. The van der Waals surface area contributed by atoms with E-state index in [4.69, 9.17) is 4.74 Å². The standard InChI is InChI=1S/C14H19N3O/c1-14(2)9-18-12(8-15-14)13-16-10-6-4-5-7-11(10)17(13)3/h4-7,12,15H,8-9H2,1-3H3. The van der Waals surface area contributed by atoms with Crippen molar-refractivity contribution in [2.45, 2.75) is 25.5 Å².